The molecule has 0 radical (unpaired) electrons. The lowest BCUT2D eigenvalue weighted by Crippen LogP contribution is -2.30. The van der Waals surface area contributed by atoms with Gasteiger partial charge < -0.3 is 4.90 Å². The summed E-state index contributed by atoms with van der Waals surface area (Å²) in [5.41, 5.74) is 2.79. The Hall–Kier alpha value is -3.23. The molecule has 0 unspecified atom stereocenters. The number of amides is 2. The standard InChI is InChI=1S/C23H18N4O2S2/c28-20(27-13-12-16-7-2-4-11-19(16)27)14-30-23-26-25-22(31-23)24-21(29)18-10-5-8-15-6-1-3-9-17(15)18/h1-11H,12-14H2,(H,24,25,29). The van der Waals surface area contributed by atoms with Gasteiger partial charge in [0, 0.05) is 17.8 Å². The van der Waals surface area contributed by atoms with Crippen LogP contribution in [0.25, 0.3) is 10.8 Å². The van der Waals surface area contributed by atoms with Gasteiger partial charge >= 0.3 is 0 Å². The predicted molar refractivity (Wildman–Crippen MR) is 125 cm³/mol. The number of carbonyl (C=O) groups excluding carboxylic acids is 2. The van der Waals surface area contributed by atoms with Crippen molar-refractivity contribution in [2.24, 2.45) is 0 Å². The second kappa shape index (κ2) is 8.49. The largest absolute Gasteiger partial charge is 0.311 e. The molecule has 4 aromatic rings. The molecule has 6 nitrogen and oxygen atoms in total. The second-order valence-electron chi connectivity index (χ2n) is 7.07. The molecule has 0 spiro atoms. The highest BCUT2D eigenvalue weighted by Gasteiger charge is 2.24. The van der Waals surface area contributed by atoms with Gasteiger partial charge in [-0.1, -0.05) is 77.7 Å². The van der Waals surface area contributed by atoms with E-state index in [1.54, 1.807) is 6.07 Å². The lowest BCUT2D eigenvalue weighted by molar-refractivity contribution is -0.116. The molecule has 3 aromatic carbocycles. The van der Waals surface area contributed by atoms with Crippen molar-refractivity contribution < 1.29 is 9.59 Å². The van der Waals surface area contributed by atoms with E-state index >= 15 is 0 Å². The number of para-hydroxylation sites is 1. The third kappa shape index (κ3) is 4.04. The number of carbonyl (C=O) groups is 2. The predicted octanol–water partition coefficient (Wildman–Crippen LogP) is 4.63. The van der Waals surface area contributed by atoms with Crippen LogP contribution in [0.3, 0.4) is 0 Å². The monoisotopic (exact) mass is 446 g/mol. The molecule has 31 heavy (non-hydrogen) atoms. The van der Waals surface area contributed by atoms with Crippen LogP contribution in [0.2, 0.25) is 0 Å². The van der Waals surface area contributed by atoms with Gasteiger partial charge in [-0.05, 0) is 34.9 Å². The summed E-state index contributed by atoms with van der Waals surface area (Å²) in [6, 6.07) is 21.4. The minimum atomic E-state index is -0.228. The third-order valence-electron chi connectivity index (χ3n) is 5.17. The topological polar surface area (TPSA) is 75.2 Å². The summed E-state index contributed by atoms with van der Waals surface area (Å²) >= 11 is 2.61. The SMILES string of the molecule is O=C(Nc1nnc(SCC(=O)N2CCc3ccccc32)s1)c1cccc2ccccc12. The van der Waals surface area contributed by atoms with E-state index in [-0.39, 0.29) is 17.6 Å². The van der Waals surface area contributed by atoms with E-state index in [4.69, 9.17) is 0 Å². The molecule has 0 aliphatic carbocycles. The summed E-state index contributed by atoms with van der Waals surface area (Å²) < 4.78 is 0.647. The molecule has 1 aliphatic rings. The molecule has 0 bridgehead atoms. The molecular weight excluding hydrogens is 428 g/mol. The molecule has 0 atom stereocenters. The number of thioether (sulfide) groups is 1. The van der Waals surface area contributed by atoms with Gasteiger partial charge in [-0.25, -0.2) is 0 Å². The first kappa shape index (κ1) is 19.7. The fraction of sp³-hybridized carbons (Fsp3) is 0.130. The smallest absolute Gasteiger partial charge is 0.258 e. The number of rotatable bonds is 5. The molecule has 5 rings (SSSR count). The van der Waals surface area contributed by atoms with E-state index in [0.717, 1.165) is 22.9 Å². The summed E-state index contributed by atoms with van der Waals surface area (Å²) in [5.74, 6) is 0.0981. The van der Waals surface area contributed by atoms with Crippen LogP contribution in [0, 0.1) is 0 Å². The number of hydrogen-bond acceptors (Lipinski definition) is 6. The van der Waals surface area contributed by atoms with Gasteiger partial charge in [0.2, 0.25) is 11.0 Å². The summed E-state index contributed by atoms with van der Waals surface area (Å²) in [5, 5.41) is 13.3. The Morgan fingerprint density at radius 2 is 1.81 bits per heavy atom. The fourth-order valence-corrected chi connectivity index (χ4v) is 5.33. The van der Waals surface area contributed by atoms with Crippen LogP contribution in [-0.2, 0) is 11.2 Å². The fourth-order valence-electron chi connectivity index (χ4n) is 3.71. The van der Waals surface area contributed by atoms with E-state index in [9.17, 15) is 9.59 Å². The van der Waals surface area contributed by atoms with Crippen LogP contribution in [-0.4, -0.2) is 34.3 Å². The van der Waals surface area contributed by atoms with Crippen molar-refractivity contribution in [2.75, 3.05) is 22.5 Å². The first-order chi connectivity index (χ1) is 15.2. The Morgan fingerprint density at radius 3 is 2.74 bits per heavy atom. The quantitative estimate of drug-likeness (QED) is 0.357. The number of aromatic nitrogens is 2. The summed E-state index contributed by atoms with van der Waals surface area (Å²) in [4.78, 5) is 27.2. The van der Waals surface area contributed by atoms with E-state index in [2.05, 4.69) is 21.6 Å². The van der Waals surface area contributed by atoms with Gasteiger partial charge in [0.15, 0.2) is 4.34 Å². The number of hydrogen-bond donors (Lipinski definition) is 1. The molecule has 2 heterocycles. The van der Waals surface area contributed by atoms with Crippen molar-refractivity contribution in [3.63, 3.8) is 0 Å². The Morgan fingerprint density at radius 1 is 1.00 bits per heavy atom. The molecule has 1 aromatic heterocycles. The van der Waals surface area contributed by atoms with Gasteiger partial charge in [0.05, 0.1) is 5.75 Å². The highest BCUT2D eigenvalue weighted by molar-refractivity contribution is 8.01. The molecular formula is C23H18N4O2S2. The highest BCUT2D eigenvalue weighted by atomic mass is 32.2. The number of anilines is 2. The Balaban J connectivity index is 1.23. The molecule has 1 aliphatic heterocycles. The van der Waals surface area contributed by atoms with E-state index in [1.165, 1.54) is 28.7 Å². The second-order valence-corrected chi connectivity index (χ2v) is 9.27. The van der Waals surface area contributed by atoms with Crippen molar-refractivity contribution in [3.8, 4) is 0 Å². The van der Waals surface area contributed by atoms with Gasteiger partial charge in [-0.15, -0.1) is 10.2 Å². The summed E-state index contributed by atoms with van der Waals surface area (Å²) in [6.07, 6.45) is 0.885. The Bertz CT molecular complexity index is 1280. The zero-order valence-corrected chi connectivity index (χ0v) is 18.1. The average Bonchev–Trinajstić information content (AvgIpc) is 3.44. The maximum absolute atomic E-state index is 12.8. The average molecular weight is 447 g/mol. The third-order valence-corrected chi connectivity index (χ3v) is 7.13. The Kier molecular flexibility index (Phi) is 5.40. The number of nitrogens with zero attached hydrogens (tertiary/aromatic N) is 3. The van der Waals surface area contributed by atoms with E-state index in [1.807, 2.05) is 59.5 Å². The first-order valence-corrected chi connectivity index (χ1v) is 11.6. The van der Waals surface area contributed by atoms with Crippen molar-refractivity contribution >= 4 is 56.5 Å². The number of nitrogens with one attached hydrogen (secondary N) is 1. The van der Waals surface area contributed by atoms with Crippen LogP contribution < -0.4 is 10.2 Å². The van der Waals surface area contributed by atoms with E-state index in [0.29, 0.717) is 21.6 Å². The molecule has 0 saturated carbocycles. The summed E-state index contributed by atoms with van der Waals surface area (Å²) in [6.45, 7) is 0.710. The molecule has 154 valence electrons. The highest BCUT2D eigenvalue weighted by Crippen LogP contribution is 2.30. The normalized spacial score (nSPS) is 12.7. The Labute approximate surface area is 187 Å². The number of fused-ring (bicyclic) bond motifs is 2. The van der Waals surface area contributed by atoms with Crippen LogP contribution in [0.1, 0.15) is 15.9 Å². The molecule has 0 saturated heterocycles. The van der Waals surface area contributed by atoms with Gasteiger partial charge in [-0.3, -0.25) is 14.9 Å². The van der Waals surface area contributed by atoms with Crippen LogP contribution >= 0.6 is 23.1 Å². The summed E-state index contributed by atoms with van der Waals surface area (Å²) in [7, 11) is 0. The lowest BCUT2D eigenvalue weighted by Gasteiger charge is -2.16. The maximum Gasteiger partial charge on any atom is 0.258 e. The first-order valence-electron chi connectivity index (χ1n) is 9.83. The zero-order chi connectivity index (χ0) is 21.2. The van der Waals surface area contributed by atoms with Crippen molar-refractivity contribution in [1.82, 2.24) is 10.2 Å². The lowest BCUT2D eigenvalue weighted by atomic mass is 10.0. The van der Waals surface area contributed by atoms with Crippen molar-refractivity contribution in [2.45, 2.75) is 10.8 Å². The minimum absolute atomic E-state index is 0.0477. The van der Waals surface area contributed by atoms with Gasteiger partial charge in [-0.2, -0.15) is 0 Å². The maximum atomic E-state index is 12.8. The van der Waals surface area contributed by atoms with Crippen LogP contribution in [0.15, 0.2) is 71.1 Å². The molecule has 2 amide bonds. The van der Waals surface area contributed by atoms with Gasteiger partial charge in [0.1, 0.15) is 0 Å². The van der Waals surface area contributed by atoms with Crippen molar-refractivity contribution in [1.29, 1.82) is 0 Å². The molecule has 0 fully saturated rings. The zero-order valence-electron chi connectivity index (χ0n) is 16.4. The van der Waals surface area contributed by atoms with E-state index < -0.39 is 0 Å². The van der Waals surface area contributed by atoms with Crippen LogP contribution in [0.4, 0.5) is 10.8 Å². The van der Waals surface area contributed by atoms with Crippen molar-refractivity contribution in [3.05, 3.63) is 77.9 Å². The number of benzene rings is 3. The van der Waals surface area contributed by atoms with Gasteiger partial charge in [0.25, 0.3) is 5.91 Å². The van der Waals surface area contributed by atoms with Crippen LogP contribution in [0.5, 0.6) is 0 Å². The minimum Gasteiger partial charge on any atom is -0.311 e. The molecule has 8 heteroatoms. The molecule has 1 N–H and O–H groups in total.